The highest BCUT2D eigenvalue weighted by atomic mass is 19.1. The molecule has 0 bridgehead atoms. The summed E-state index contributed by atoms with van der Waals surface area (Å²) >= 11 is 0. The number of allylic oxidation sites excluding steroid dienone is 1. The van der Waals surface area contributed by atoms with Crippen LogP contribution in [0.2, 0.25) is 0 Å². The maximum Gasteiger partial charge on any atom is 0.196 e. The number of nitrogens with two attached hydrogens (primary N) is 1. The topological polar surface area (TPSA) is 104 Å². The number of nitrogens with one attached hydrogen (secondary N) is 2. The van der Waals surface area contributed by atoms with Crippen LogP contribution in [0.25, 0.3) is 5.70 Å². The van der Waals surface area contributed by atoms with Crippen LogP contribution in [0.1, 0.15) is 24.1 Å². The van der Waals surface area contributed by atoms with Gasteiger partial charge >= 0.3 is 0 Å². The molecule has 8 nitrogen and oxygen atoms in total. The lowest BCUT2D eigenvalue weighted by molar-refractivity contribution is 0.288. The van der Waals surface area contributed by atoms with Crippen molar-refractivity contribution in [2.24, 2.45) is 15.9 Å². The first-order chi connectivity index (χ1) is 16.4. The molecule has 34 heavy (non-hydrogen) atoms. The van der Waals surface area contributed by atoms with Gasteiger partial charge < -0.3 is 15.8 Å². The lowest BCUT2D eigenvalue weighted by atomic mass is 10.1. The average molecular weight is 461 g/mol. The molecule has 0 aromatic heterocycles. The number of benzene rings is 2. The lowest BCUT2D eigenvalue weighted by Gasteiger charge is -2.35. The summed E-state index contributed by atoms with van der Waals surface area (Å²) < 4.78 is 18.9. The quantitative estimate of drug-likeness (QED) is 0.514. The standard InChI is InChI=1S/C25H25FN6O2/c1-17-32(14-15-34-17)24(23(27)19-8-10-20(26)11-9-19)21-12-13-28-25(2,30-21)29-16-22(31-33)18-6-4-3-5-7-18/h3-15,22,29-30H,1,16,27H2,2H3/b24-23-/t22?,25-/m0/s1. The van der Waals surface area contributed by atoms with E-state index in [1.807, 2.05) is 37.3 Å². The summed E-state index contributed by atoms with van der Waals surface area (Å²) in [6, 6.07) is 14.6. The Hall–Kier alpha value is -4.24. The van der Waals surface area contributed by atoms with Crippen LogP contribution >= 0.6 is 0 Å². The maximum absolute atomic E-state index is 13.5. The molecule has 2 atom stereocenters. The Bertz CT molecular complexity index is 1190. The smallest absolute Gasteiger partial charge is 0.196 e. The normalized spacial score (nSPS) is 20.8. The Morgan fingerprint density at radius 2 is 2.03 bits per heavy atom. The molecular formula is C25H25FN6O2. The van der Waals surface area contributed by atoms with Crippen molar-refractivity contribution in [3.63, 3.8) is 0 Å². The van der Waals surface area contributed by atoms with E-state index in [1.165, 1.54) is 18.4 Å². The summed E-state index contributed by atoms with van der Waals surface area (Å²) in [5, 5.41) is 9.88. The molecule has 9 heteroatoms. The van der Waals surface area contributed by atoms with Gasteiger partial charge in [0.25, 0.3) is 0 Å². The SMILES string of the molecule is C=C1OC=CN1/C(C1=CC=N[C@@](C)(NCC(N=O)c2ccccc2)N1)=C(\N)c1ccc(F)cc1. The minimum Gasteiger partial charge on any atom is -0.447 e. The molecule has 0 amide bonds. The van der Waals surface area contributed by atoms with Gasteiger partial charge in [-0.2, -0.15) is 4.91 Å². The van der Waals surface area contributed by atoms with Crippen molar-refractivity contribution in [1.82, 2.24) is 15.5 Å². The zero-order chi connectivity index (χ0) is 24.1. The maximum atomic E-state index is 13.5. The fourth-order valence-corrected chi connectivity index (χ4v) is 3.69. The summed E-state index contributed by atoms with van der Waals surface area (Å²) in [5.41, 5.74) is 9.54. The lowest BCUT2D eigenvalue weighted by Crippen LogP contribution is -2.55. The van der Waals surface area contributed by atoms with Crippen molar-refractivity contribution in [2.45, 2.75) is 18.8 Å². The number of nitrogens with zero attached hydrogens (tertiary/aromatic N) is 3. The predicted octanol–water partition coefficient (Wildman–Crippen LogP) is 4.06. The zero-order valence-electron chi connectivity index (χ0n) is 18.6. The number of halogens is 1. The largest absolute Gasteiger partial charge is 0.447 e. The van der Waals surface area contributed by atoms with Gasteiger partial charge in [-0.25, -0.2) is 4.39 Å². The van der Waals surface area contributed by atoms with E-state index in [0.29, 0.717) is 28.5 Å². The van der Waals surface area contributed by atoms with Crippen LogP contribution in [0.15, 0.2) is 107 Å². The van der Waals surface area contributed by atoms with Crippen LogP contribution in [-0.4, -0.2) is 23.4 Å². The molecule has 1 unspecified atom stereocenters. The molecule has 0 saturated carbocycles. The predicted molar refractivity (Wildman–Crippen MR) is 130 cm³/mol. The second-order valence-electron chi connectivity index (χ2n) is 7.90. The Morgan fingerprint density at radius 3 is 2.68 bits per heavy atom. The molecule has 0 aliphatic carbocycles. The van der Waals surface area contributed by atoms with E-state index in [2.05, 4.69) is 27.4 Å². The van der Waals surface area contributed by atoms with Gasteiger partial charge in [0, 0.05) is 19.0 Å². The molecule has 2 aromatic rings. The molecule has 2 aliphatic rings. The number of ether oxygens (including phenoxy) is 1. The molecular weight excluding hydrogens is 435 g/mol. The molecule has 0 radical (unpaired) electrons. The second kappa shape index (κ2) is 9.72. The Morgan fingerprint density at radius 1 is 1.29 bits per heavy atom. The van der Waals surface area contributed by atoms with E-state index in [1.54, 1.807) is 35.5 Å². The van der Waals surface area contributed by atoms with Crippen molar-refractivity contribution in [1.29, 1.82) is 0 Å². The number of hydrogen-bond acceptors (Lipinski definition) is 8. The second-order valence-corrected chi connectivity index (χ2v) is 7.90. The van der Waals surface area contributed by atoms with Crippen LogP contribution in [0, 0.1) is 10.7 Å². The van der Waals surface area contributed by atoms with Crippen LogP contribution in [0.3, 0.4) is 0 Å². The number of nitroso groups, excluding NO2 is 1. The van der Waals surface area contributed by atoms with E-state index in [9.17, 15) is 9.30 Å². The molecule has 2 aromatic carbocycles. The first kappa shape index (κ1) is 22.9. The highest BCUT2D eigenvalue weighted by Gasteiger charge is 2.31. The minimum absolute atomic E-state index is 0.258. The van der Waals surface area contributed by atoms with Crippen LogP contribution in [-0.2, 0) is 4.74 Å². The fraction of sp³-hybridized carbons (Fsp3) is 0.160. The third-order valence-electron chi connectivity index (χ3n) is 5.49. The van der Waals surface area contributed by atoms with Gasteiger partial charge in [-0.15, -0.1) is 0 Å². The molecule has 0 spiro atoms. The summed E-state index contributed by atoms with van der Waals surface area (Å²) in [7, 11) is 0. The van der Waals surface area contributed by atoms with E-state index >= 15 is 0 Å². The van der Waals surface area contributed by atoms with Gasteiger partial charge in [-0.3, -0.25) is 15.2 Å². The van der Waals surface area contributed by atoms with Crippen molar-refractivity contribution >= 4 is 11.9 Å². The fourth-order valence-electron chi connectivity index (χ4n) is 3.69. The van der Waals surface area contributed by atoms with Crippen molar-refractivity contribution in [2.75, 3.05) is 6.54 Å². The van der Waals surface area contributed by atoms with Gasteiger partial charge in [0.15, 0.2) is 11.7 Å². The summed E-state index contributed by atoms with van der Waals surface area (Å²) in [4.78, 5) is 17.7. The zero-order valence-corrected chi connectivity index (χ0v) is 18.6. The van der Waals surface area contributed by atoms with E-state index < -0.39 is 11.8 Å². The van der Waals surface area contributed by atoms with Crippen molar-refractivity contribution in [3.8, 4) is 0 Å². The highest BCUT2D eigenvalue weighted by molar-refractivity contribution is 5.79. The molecule has 2 aliphatic heterocycles. The van der Waals surface area contributed by atoms with Crippen molar-refractivity contribution < 1.29 is 9.13 Å². The van der Waals surface area contributed by atoms with Crippen LogP contribution < -0.4 is 16.4 Å². The molecule has 174 valence electrons. The Kier molecular flexibility index (Phi) is 6.55. The van der Waals surface area contributed by atoms with Gasteiger partial charge in [0.05, 0.1) is 17.1 Å². The molecule has 0 fully saturated rings. The molecule has 4 rings (SSSR count). The molecule has 4 N–H and O–H groups in total. The minimum atomic E-state index is -0.957. The summed E-state index contributed by atoms with van der Waals surface area (Å²) in [5.74, 6) is -0.960. The van der Waals surface area contributed by atoms with Gasteiger partial charge in [0.2, 0.25) is 0 Å². The van der Waals surface area contributed by atoms with E-state index in [4.69, 9.17) is 10.5 Å². The van der Waals surface area contributed by atoms with E-state index in [-0.39, 0.29) is 12.4 Å². The monoisotopic (exact) mass is 460 g/mol. The van der Waals surface area contributed by atoms with Gasteiger partial charge in [-0.05, 0) is 55.0 Å². The molecule has 2 heterocycles. The van der Waals surface area contributed by atoms with E-state index in [0.717, 1.165) is 5.56 Å². The third-order valence-corrected chi connectivity index (χ3v) is 5.49. The molecule has 0 saturated heterocycles. The van der Waals surface area contributed by atoms with Gasteiger partial charge in [-0.1, -0.05) is 35.5 Å². The summed E-state index contributed by atoms with van der Waals surface area (Å²) in [6.07, 6.45) is 6.59. The van der Waals surface area contributed by atoms with Crippen LogP contribution in [0.4, 0.5) is 4.39 Å². The third kappa shape index (κ3) is 4.89. The van der Waals surface area contributed by atoms with Crippen LogP contribution in [0.5, 0.6) is 0 Å². The number of rotatable bonds is 8. The van der Waals surface area contributed by atoms with Gasteiger partial charge in [0.1, 0.15) is 18.1 Å². The first-order valence-corrected chi connectivity index (χ1v) is 10.6. The summed E-state index contributed by atoms with van der Waals surface area (Å²) in [6.45, 7) is 6.01. The average Bonchev–Trinajstić information content (AvgIpc) is 3.26. The Balaban J connectivity index is 1.61. The number of aliphatic imine (C=N–C) groups is 1. The first-order valence-electron chi connectivity index (χ1n) is 10.6. The Labute approximate surface area is 197 Å². The number of hydrogen-bond donors (Lipinski definition) is 3. The van der Waals surface area contributed by atoms with Crippen molar-refractivity contribution in [3.05, 3.63) is 119 Å². The highest BCUT2D eigenvalue weighted by Crippen LogP contribution is 2.31.